The predicted molar refractivity (Wildman–Crippen MR) is 106 cm³/mol. The average Bonchev–Trinajstić information content (AvgIpc) is 3.31. The first-order valence-corrected chi connectivity index (χ1v) is 10.2. The fourth-order valence-electron chi connectivity index (χ4n) is 2.28. The maximum absolute atomic E-state index is 12.7. The van der Waals surface area contributed by atoms with Crippen molar-refractivity contribution in [2.75, 3.05) is 11.9 Å². The van der Waals surface area contributed by atoms with Gasteiger partial charge in [0.25, 0.3) is 0 Å². The van der Waals surface area contributed by atoms with Gasteiger partial charge in [0, 0.05) is 27.6 Å². The Morgan fingerprint density at radius 2 is 1.96 bits per heavy atom. The van der Waals surface area contributed by atoms with Gasteiger partial charge in [-0.3, -0.25) is 9.59 Å². The summed E-state index contributed by atoms with van der Waals surface area (Å²) in [6.07, 6.45) is 0. The lowest BCUT2D eigenvalue weighted by Crippen LogP contribution is -2.15. The van der Waals surface area contributed by atoms with E-state index in [1.807, 2.05) is 30.5 Å². The molecule has 8 heteroatoms. The Morgan fingerprint density at radius 1 is 1.15 bits per heavy atom. The highest BCUT2D eigenvalue weighted by Crippen LogP contribution is 2.38. The molecule has 0 fully saturated rings. The molecule has 0 saturated carbocycles. The summed E-state index contributed by atoms with van der Waals surface area (Å²) < 4.78 is 5.25. The van der Waals surface area contributed by atoms with Crippen molar-refractivity contribution >= 4 is 56.7 Å². The molecule has 134 valence electrons. The molecule has 3 rings (SSSR count). The van der Waals surface area contributed by atoms with Crippen LogP contribution in [-0.2, 0) is 9.53 Å². The van der Waals surface area contributed by atoms with Gasteiger partial charge in [-0.15, -0.1) is 34.0 Å². The number of hydrogen-bond acceptors (Lipinski definition) is 7. The van der Waals surface area contributed by atoms with Gasteiger partial charge in [0.15, 0.2) is 6.61 Å². The van der Waals surface area contributed by atoms with Gasteiger partial charge in [0.05, 0.1) is 4.88 Å². The van der Waals surface area contributed by atoms with Crippen molar-refractivity contribution in [1.29, 1.82) is 0 Å². The summed E-state index contributed by atoms with van der Waals surface area (Å²) >= 11 is 4.10. The minimum Gasteiger partial charge on any atom is -0.454 e. The first-order chi connectivity index (χ1) is 12.5. The van der Waals surface area contributed by atoms with Gasteiger partial charge in [-0.25, -0.2) is 4.79 Å². The molecule has 0 spiro atoms. The fraction of sp³-hybridized carbons (Fsp3) is 0.167. The number of nitrogens with one attached hydrogen (secondary N) is 1. The third-order valence-electron chi connectivity index (χ3n) is 3.42. The van der Waals surface area contributed by atoms with Crippen molar-refractivity contribution in [2.24, 2.45) is 0 Å². The van der Waals surface area contributed by atoms with Gasteiger partial charge in [-0.05, 0) is 30.5 Å². The van der Waals surface area contributed by atoms with E-state index in [1.165, 1.54) is 40.9 Å². The first kappa shape index (κ1) is 18.5. The number of esters is 1. The van der Waals surface area contributed by atoms with E-state index in [4.69, 9.17) is 4.74 Å². The molecule has 0 saturated heterocycles. The van der Waals surface area contributed by atoms with Crippen molar-refractivity contribution in [3.05, 3.63) is 50.3 Å². The van der Waals surface area contributed by atoms with Gasteiger partial charge in [-0.1, -0.05) is 6.07 Å². The fourth-order valence-corrected chi connectivity index (χ4v) is 4.89. The molecule has 26 heavy (non-hydrogen) atoms. The van der Waals surface area contributed by atoms with Crippen molar-refractivity contribution < 1.29 is 19.1 Å². The average molecular weight is 406 g/mol. The second-order valence-corrected chi connectivity index (χ2v) is 8.54. The summed E-state index contributed by atoms with van der Waals surface area (Å²) in [7, 11) is 0. The molecule has 0 bridgehead atoms. The highest BCUT2D eigenvalue weighted by Gasteiger charge is 2.24. The van der Waals surface area contributed by atoms with Crippen molar-refractivity contribution in [3.63, 3.8) is 0 Å². The third kappa shape index (κ3) is 4.09. The van der Waals surface area contributed by atoms with E-state index in [9.17, 15) is 14.4 Å². The van der Waals surface area contributed by atoms with Gasteiger partial charge >= 0.3 is 5.97 Å². The van der Waals surface area contributed by atoms with Crippen LogP contribution in [-0.4, -0.2) is 24.3 Å². The lowest BCUT2D eigenvalue weighted by molar-refractivity contribution is -0.114. The molecule has 3 aromatic rings. The number of anilines is 1. The minimum absolute atomic E-state index is 0.245. The SMILES string of the molecule is CC(=O)Nc1scc(-c2cccs2)c1C(=O)OCC(=O)c1ccc(C)s1. The molecule has 3 aromatic heterocycles. The Bertz CT molecular complexity index is 953. The number of Topliss-reactive ketones (excluding diaryl/α,β-unsaturated/α-hetero) is 1. The quantitative estimate of drug-likeness (QED) is 0.470. The number of ketones is 1. The van der Waals surface area contributed by atoms with E-state index in [2.05, 4.69) is 5.32 Å². The van der Waals surface area contributed by atoms with E-state index in [0.29, 0.717) is 15.4 Å². The number of carbonyl (C=O) groups excluding carboxylic acids is 3. The minimum atomic E-state index is -0.625. The molecule has 0 unspecified atom stereocenters. The predicted octanol–water partition coefficient (Wildman–Crippen LogP) is 4.84. The molecule has 1 N–H and O–H groups in total. The Kier molecular flexibility index (Phi) is 5.65. The Morgan fingerprint density at radius 3 is 2.58 bits per heavy atom. The Hall–Kier alpha value is -2.29. The van der Waals surface area contributed by atoms with Gasteiger partial charge in [0.1, 0.15) is 10.6 Å². The zero-order chi connectivity index (χ0) is 18.7. The summed E-state index contributed by atoms with van der Waals surface area (Å²) in [6.45, 7) is 2.95. The highest BCUT2D eigenvalue weighted by atomic mass is 32.1. The van der Waals surface area contributed by atoms with E-state index in [0.717, 1.165) is 9.75 Å². The molecule has 3 heterocycles. The van der Waals surface area contributed by atoms with Crippen LogP contribution in [0.1, 0.15) is 31.8 Å². The van der Waals surface area contributed by atoms with Crippen LogP contribution in [0.15, 0.2) is 35.0 Å². The second kappa shape index (κ2) is 7.94. The largest absolute Gasteiger partial charge is 0.454 e. The van der Waals surface area contributed by atoms with E-state index < -0.39 is 5.97 Å². The van der Waals surface area contributed by atoms with Gasteiger partial charge in [-0.2, -0.15) is 0 Å². The summed E-state index contributed by atoms with van der Waals surface area (Å²) in [5, 5.41) is 6.79. The number of rotatable bonds is 6. The number of carbonyl (C=O) groups is 3. The molecule has 0 aromatic carbocycles. The topological polar surface area (TPSA) is 72.5 Å². The van der Waals surface area contributed by atoms with Crippen LogP contribution >= 0.6 is 34.0 Å². The van der Waals surface area contributed by atoms with Crippen molar-refractivity contribution in [1.82, 2.24) is 0 Å². The zero-order valence-corrected chi connectivity index (χ0v) is 16.5. The van der Waals surface area contributed by atoms with Crippen LogP contribution in [0.2, 0.25) is 0 Å². The molecule has 5 nitrogen and oxygen atoms in total. The number of ether oxygens (including phenoxy) is 1. The van der Waals surface area contributed by atoms with E-state index >= 15 is 0 Å². The number of hydrogen-bond donors (Lipinski definition) is 1. The van der Waals surface area contributed by atoms with Gasteiger partial charge < -0.3 is 10.1 Å². The van der Waals surface area contributed by atoms with Crippen LogP contribution in [0.5, 0.6) is 0 Å². The molecular formula is C18H15NO4S3. The monoisotopic (exact) mass is 405 g/mol. The summed E-state index contributed by atoms with van der Waals surface area (Å²) in [4.78, 5) is 38.7. The lowest BCUT2D eigenvalue weighted by atomic mass is 10.1. The highest BCUT2D eigenvalue weighted by molar-refractivity contribution is 7.17. The number of aryl methyl sites for hydroxylation is 1. The van der Waals surface area contributed by atoms with E-state index in [1.54, 1.807) is 11.4 Å². The van der Waals surface area contributed by atoms with Crippen LogP contribution in [0.4, 0.5) is 5.00 Å². The molecule has 1 amide bonds. The van der Waals surface area contributed by atoms with Crippen LogP contribution in [0, 0.1) is 6.92 Å². The molecule has 0 aliphatic heterocycles. The summed E-state index contributed by atoms with van der Waals surface area (Å²) in [6, 6.07) is 7.34. The van der Waals surface area contributed by atoms with Crippen molar-refractivity contribution in [2.45, 2.75) is 13.8 Å². The second-order valence-electron chi connectivity index (χ2n) is 5.42. The zero-order valence-electron chi connectivity index (χ0n) is 14.0. The normalized spacial score (nSPS) is 10.5. The van der Waals surface area contributed by atoms with Crippen LogP contribution < -0.4 is 5.32 Å². The maximum Gasteiger partial charge on any atom is 0.342 e. The molecular weight excluding hydrogens is 390 g/mol. The smallest absolute Gasteiger partial charge is 0.342 e. The molecule has 0 atom stereocenters. The van der Waals surface area contributed by atoms with Gasteiger partial charge in [0.2, 0.25) is 11.7 Å². The summed E-state index contributed by atoms with van der Waals surface area (Å²) in [5.41, 5.74) is 0.973. The maximum atomic E-state index is 12.7. The molecule has 0 aliphatic rings. The van der Waals surface area contributed by atoms with Crippen LogP contribution in [0.3, 0.4) is 0 Å². The molecule has 0 aliphatic carbocycles. The van der Waals surface area contributed by atoms with E-state index in [-0.39, 0.29) is 23.9 Å². The third-order valence-corrected chi connectivity index (χ3v) is 6.26. The Labute approximate surface area is 162 Å². The summed E-state index contributed by atoms with van der Waals surface area (Å²) in [5.74, 6) is -1.14. The lowest BCUT2D eigenvalue weighted by Gasteiger charge is -2.07. The molecule has 0 radical (unpaired) electrons. The number of thiophene rings is 3. The number of amides is 1. The van der Waals surface area contributed by atoms with Crippen molar-refractivity contribution in [3.8, 4) is 10.4 Å². The van der Waals surface area contributed by atoms with Crippen LogP contribution in [0.25, 0.3) is 10.4 Å². The Balaban J connectivity index is 1.82. The standard InChI is InChI=1S/C18H15NO4S3/c1-10-5-6-15(26-10)13(21)8-23-18(22)16-12(14-4-3-7-24-14)9-25-17(16)19-11(2)20/h3-7,9H,8H2,1-2H3,(H,19,20). The first-order valence-electron chi connectivity index (χ1n) is 7.65.